The van der Waals surface area contributed by atoms with E-state index < -0.39 is 11.0 Å². The Labute approximate surface area is 111 Å². The normalized spacial score (nSPS) is 19.6. The molecule has 1 saturated carbocycles. The number of hydrogen-bond donors (Lipinski definition) is 1. The average molecular weight is 269 g/mol. The summed E-state index contributed by atoms with van der Waals surface area (Å²) < 4.78 is 28.3. The molecule has 1 fully saturated rings. The predicted molar refractivity (Wildman–Crippen MR) is 72.9 cm³/mol. The molecule has 0 bridgehead atoms. The van der Waals surface area contributed by atoms with Gasteiger partial charge in [-0.3, -0.25) is 0 Å². The Morgan fingerprint density at radius 2 is 2.06 bits per heavy atom. The largest absolute Gasteiger partial charge is 0.242 e. The Kier molecular flexibility index (Phi) is 3.87. The molecule has 2 atom stereocenters. The highest BCUT2D eigenvalue weighted by Gasteiger charge is 2.35. The average Bonchev–Trinajstić information content (AvgIpc) is 3.08. The first kappa shape index (κ1) is 13.7. The summed E-state index contributed by atoms with van der Waals surface area (Å²) >= 11 is 0. The molecule has 1 N–H and O–H groups in total. The van der Waals surface area contributed by atoms with Gasteiger partial charge >= 0.3 is 0 Å². The third-order valence-corrected chi connectivity index (χ3v) is 4.67. The van der Waals surface area contributed by atoms with Crippen molar-refractivity contribution in [3.63, 3.8) is 0 Å². The molecule has 0 saturated heterocycles. The second-order valence-corrected chi connectivity index (χ2v) is 7.87. The summed E-state index contributed by atoms with van der Waals surface area (Å²) in [6.07, 6.45) is 2.24. The maximum Gasteiger partial charge on any atom is 0.123 e. The topological polar surface area (TPSA) is 29.1 Å². The number of rotatable bonds is 4. The van der Waals surface area contributed by atoms with Crippen molar-refractivity contribution < 1.29 is 8.60 Å². The van der Waals surface area contributed by atoms with E-state index in [0.717, 1.165) is 18.4 Å². The lowest BCUT2D eigenvalue weighted by molar-refractivity contribution is 0.550. The van der Waals surface area contributed by atoms with Crippen LogP contribution in [0.2, 0.25) is 0 Å². The van der Waals surface area contributed by atoms with E-state index in [1.807, 2.05) is 26.8 Å². The zero-order valence-electron chi connectivity index (χ0n) is 11.1. The van der Waals surface area contributed by atoms with Gasteiger partial charge < -0.3 is 0 Å². The number of hydrogen-bond acceptors (Lipinski definition) is 1. The minimum absolute atomic E-state index is 0.000702. The van der Waals surface area contributed by atoms with Crippen molar-refractivity contribution in [2.24, 2.45) is 5.92 Å². The lowest BCUT2D eigenvalue weighted by Gasteiger charge is -2.24. The molecule has 1 aromatic rings. The van der Waals surface area contributed by atoms with Crippen LogP contribution in [0.4, 0.5) is 4.39 Å². The molecule has 1 aromatic carbocycles. The third-order valence-electron chi connectivity index (χ3n) is 3.09. The SMILES string of the molecule is CC(C)(C)S(=O)NC(c1cccc(F)c1)C1CC1. The summed E-state index contributed by atoms with van der Waals surface area (Å²) in [7, 11) is -1.13. The van der Waals surface area contributed by atoms with Crippen LogP contribution in [0.3, 0.4) is 0 Å². The fourth-order valence-corrected chi connectivity index (χ4v) is 2.77. The van der Waals surface area contributed by atoms with E-state index >= 15 is 0 Å². The molecule has 4 heteroatoms. The van der Waals surface area contributed by atoms with E-state index in [-0.39, 0.29) is 16.6 Å². The van der Waals surface area contributed by atoms with Crippen molar-refractivity contribution in [2.45, 2.75) is 44.4 Å². The van der Waals surface area contributed by atoms with Gasteiger partial charge in [-0.25, -0.2) is 13.3 Å². The lowest BCUT2D eigenvalue weighted by atomic mass is 10.0. The molecule has 0 radical (unpaired) electrons. The standard InChI is InChI=1S/C14H20FNOS/c1-14(2,3)18(17)16-13(10-7-8-10)11-5-4-6-12(15)9-11/h4-6,9-10,13,16H,7-8H2,1-3H3. The minimum Gasteiger partial charge on any atom is -0.242 e. The van der Waals surface area contributed by atoms with Crippen LogP contribution in [0.5, 0.6) is 0 Å². The summed E-state index contributed by atoms with van der Waals surface area (Å²) in [5, 5.41) is 0. The molecule has 18 heavy (non-hydrogen) atoms. The van der Waals surface area contributed by atoms with Crippen LogP contribution in [0.25, 0.3) is 0 Å². The van der Waals surface area contributed by atoms with Crippen LogP contribution < -0.4 is 4.72 Å². The van der Waals surface area contributed by atoms with Crippen molar-refractivity contribution >= 4 is 11.0 Å². The van der Waals surface area contributed by atoms with Crippen LogP contribution >= 0.6 is 0 Å². The van der Waals surface area contributed by atoms with Gasteiger partial charge in [-0.05, 0) is 57.2 Å². The zero-order chi connectivity index (χ0) is 13.3. The van der Waals surface area contributed by atoms with E-state index in [4.69, 9.17) is 0 Å². The number of nitrogens with one attached hydrogen (secondary N) is 1. The maximum absolute atomic E-state index is 13.3. The van der Waals surface area contributed by atoms with Crippen molar-refractivity contribution in [1.29, 1.82) is 0 Å². The lowest BCUT2D eigenvalue weighted by Crippen LogP contribution is -2.36. The molecule has 2 rings (SSSR count). The monoisotopic (exact) mass is 269 g/mol. The first-order chi connectivity index (χ1) is 8.38. The molecule has 0 spiro atoms. The van der Waals surface area contributed by atoms with Gasteiger partial charge in [-0.2, -0.15) is 0 Å². The van der Waals surface area contributed by atoms with Gasteiger partial charge in [-0.15, -0.1) is 0 Å². The van der Waals surface area contributed by atoms with Gasteiger partial charge in [0.1, 0.15) is 5.82 Å². The Bertz CT molecular complexity index is 451. The summed E-state index contributed by atoms with van der Waals surface area (Å²) in [4.78, 5) is 0. The molecule has 0 heterocycles. The van der Waals surface area contributed by atoms with Gasteiger partial charge in [0.05, 0.1) is 15.7 Å². The van der Waals surface area contributed by atoms with Crippen LogP contribution in [-0.2, 0) is 11.0 Å². The molecule has 1 aliphatic carbocycles. The van der Waals surface area contributed by atoms with Gasteiger partial charge in [-0.1, -0.05) is 12.1 Å². The number of halogens is 1. The van der Waals surface area contributed by atoms with Gasteiger partial charge in [0.15, 0.2) is 0 Å². The fourth-order valence-electron chi connectivity index (χ4n) is 1.86. The summed E-state index contributed by atoms with van der Waals surface area (Å²) in [5.74, 6) is 0.250. The molecule has 2 unspecified atom stereocenters. The second-order valence-electron chi connectivity index (χ2n) is 5.87. The van der Waals surface area contributed by atoms with Crippen LogP contribution in [0, 0.1) is 11.7 Å². The summed E-state index contributed by atoms with van der Waals surface area (Å²) in [6, 6.07) is 6.59. The third kappa shape index (κ3) is 3.39. The van der Waals surface area contributed by atoms with Gasteiger partial charge in [0.25, 0.3) is 0 Å². The predicted octanol–water partition coefficient (Wildman–Crippen LogP) is 3.33. The summed E-state index contributed by atoms with van der Waals surface area (Å²) in [6.45, 7) is 5.81. The Hall–Kier alpha value is -0.740. The Balaban J connectivity index is 2.17. The van der Waals surface area contributed by atoms with Gasteiger partial charge in [0, 0.05) is 6.04 Å². The molecule has 100 valence electrons. The van der Waals surface area contributed by atoms with E-state index in [9.17, 15) is 8.60 Å². The number of benzene rings is 1. The zero-order valence-corrected chi connectivity index (χ0v) is 11.9. The first-order valence-corrected chi connectivity index (χ1v) is 7.46. The van der Waals surface area contributed by atoms with Crippen LogP contribution in [-0.4, -0.2) is 8.96 Å². The Morgan fingerprint density at radius 1 is 1.39 bits per heavy atom. The van der Waals surface area contributed by atoms with Crippen molar-refractivity contribution in [3.05, 3.63) is 35.6 Å². The van der Waals surface area contributed by atoms with Crippen molar-refractivity contribution in [1.82, 2.24) is 4.72 Å². The smallest absolute Gasteiger partial charge is 0.123 e. The Morgan fingerprint density at radius 3 is 2.56 bits per heavy atom. The maximum atomic E-state index is 13.3. The molecule has 2 nitrogen and oxygen atoms in total. The van der Waals surface area contributed by atoms with E-state index in [0.29, 0.717) is 5.92 Å². The molecule has 0 amide bonds. The van der Waals surface area contributed by atoms with E-state index in [1.165, 1.54) is 12.1 Å². The summed E-state index contributed by atoms with van der Waals surface area (Å²) in [5.41, 5.74) is 0.898. The first-order valence-electron chi connectivity index (χ1n) is 6.31. The second kappa shape index (κ2) is 5.10. The van der Waals surface area contributed by atoms with E-state index in [2.05, 4.69) is 4.72 Å². The highest BCUT2D eigenvalue weighted by atomic mass is 32.2. The fraction of sp³-hybridized carbons (Fsp3) is 0.571. The quantitative estimate of drug-likeness (QED) is 0.892. The minimum atomic E-state index is -1.13. The van der Waals surface area contributed by atoms with Gasteiger partial charge in [0.2, 0.25) is 0 Å². The molecular formula is C14H20FNOS. The highest BCUT2D eigenvalue weighted by molar-refractivity contribution is 7.84. The van der Waals surface area contributed by atoms with E-state index in [1.54, 1.807) is 6.07 Å². The highest BCUT2D eigenvalue weighted by Crippen LogP contribution is 2.41. The molecule has 0 aliphatic heterocycles. The molecular weight excluding hydrogens is 249 g/mol. The van der Waals surface area contributed by atoms with Crippen LogP contribution in [0.1, 0.15) is 45.2 Å². The van der Waals surface area contributed by atoms with Crippen molar-refractivity contribution in [2.75, 3.05) is 0 Å². The molecule has 1 aliphatic rings. The van der Waals surface area contributed by atoms with Crippen molar-refractivity contribution in [3.8, 4) is 0 Å². The molecule has 0 aromatic heterocycles. The van der Waals surface area contributed by atoms with Crippen LogP contribution in [0.15, 0.2) is 24.3 Å².